The third kappa shape index (κ3) is 4.31. The molecule has 0 spiro atoms. The van der Waals surface area contributed by atoms with Crippen molar-refractivity contribution in [2.45, 2.75) is 24.9 Å². The number of nitrogen functional groups attached to an aromatic ring is 1. The zero-order chi connectivity index (χ0) is 17.5. The molecule has 1 heterocycles. The summed E-state index contributed by atoms with van der Waals surface area (Å²) in [6, 6.07) is 5.18. The highest BCUT2D eigenvalue weighted by Gasteiger charge is 2.12. The van der Waals surface area contributed by atoms with Gasteiger partial charge in [0.2, 0.25) is 11.1 Å². The van der Waals surface area contributed by atoms with E-state index in [1.54, 1.807) is 32.4 Å². The molecular weight excluding hydrogens is 330 g/mol. The number of nitrogens with two attached hydrogens (primary N) is 1. The number of nitrogens with one attached hydrogen (secondary N) is 1. The number of rotatable bonds is 8. The van der Waals surface area contributed by atoms with Gasteiger partial charge in [0.15, 0.2) is 17.3 Å². The zero-order valence-electron chi connectivity index (χ0n) is 13.9. The van der Waals surface area contributed by atoms with Gasteiger partial charge in [-0.15, -0.1) is 10.2 Å². The number of hydrogen-bond acceptors (Lipinski definition) is 7. The molecule has 2 aromatic rings. The molecule has 1 aromatic carbocycles. The lowest BCUT2D eigenvalue weighted by molar-refractivity contribution is -0.113. The summed E-state index contributed by atoms with van der Waals surface area (Å²) in [4.78, 5) is 12.1. The van der Waals surface area contributed by atoms with Crippen molar-refractivity contribution < 1.29 is 14.3 Å². The van der Waals surface area contributed by atoms with Gasteiger partial charge in [0.25, 0.3) is 0 Å². The second-order valence-electron chi connectivity index (χ2n) is 4.93. The molecule has 2 rings (SSSR count). The van der Waals surface area contributed by atoms with E-state index in [9.17, 15) is 4.79 Å². The third-order valence-electron chi connectivity index (χ3n) is 3.21. The molecule has 0 fully saturated rings. The Morgan fingerprint density at radius 3 is 2.71 bits per heavy atom. The lowest BCUT2D eigenvalue weighted by Gasteiger charge is -2.10. The van der Waals surface area contributed by atoms with Crippen LogP contribution < -0.4 is 20.6 Å². The lowest BCUT2D eigenvalue weighted by Crippen LogP contribution is -2.17. The second-order valence-corrected chi connectivity index (χ2v) is 5.87. The van der Waals surface area contributed by atoms with Crippen LogP contribution in [0.2, 0.25) is 0 Å². The van der Waals surface area contributed by atoms with Crippen molar-refractivity contribution in [1.29, 1.82) is 0 Å². The van der Waals surface area contributed by atoms with Gasteiger partial charge in [-0.25, -0.2) is 4.68 Å². The van der Waals surface area contributed by atoms with E-state index in [1.165, 1.54) is 16.4 Å². The van der Waals surface area contributed by atoms with Crippen molar-refractivity contribution in [2.75, 3.05) is 31.1 Å². The van der Waals surface area contributed by atoms with Crippen molar-refractivity contribution in [1.82, 2.24) is 14.9 Å². The van der Waals surface area contributed by atoms with Crippen LogP contribution >= 0.6 is 11.8 Å². The molecule has 0 unspecified atom stereocenters. The SMILES string of the molecule is CCCc1nnc(SCC(=O)Nc2ccc(OC)c(OC)c2)n1N. The van der Waals surface area contributed by atoms with Crippen LogP contribution in [0, 0.1) is 0 Å². The van der Waals surface area contributed by atoms with Gasteiger partial charge in [0, 0.05) is 18.2 Å². The van der Waals surface area contributed by atoms with Crippen LogP contribution in [0.15, 0.2) is 23.4 Å². The van der Waals surface area contributed by atoms with Gasteiger partial charge >= 0.3 is 0 Å². The quantitative estimate of drug-likeness (QED) is 0.551. The van der Waals surface area contributed by atoms with E-state index >= 15 is 0 Å². The number of aromatic nitrogens is 3. The van der Waals surface area contributed by atoms with Gasteiger partial charge in [-0.3, -0.25) is 4.79 Å². The minimum atomic E-state index is -0.174. The number of ether oxygens (including phenoxy) is 2. The predicted octanol–water partition coefficient (Wildman–Crippen LogP) is 1.69. The molecule has 1 aromatic heterocycles. The number of benzene rings is 1. The van der Waals surface area contributed by atoms with Crippen molar-refractivity contribution in [3.63, 3.8) is 0 Å². The largest absolute Gasteiger partial charge is 0.493 e. The number of methoxy groups -OCH3 is 2. The predicted molar refractivity (Wildman–Crippen MR) is 93.1 cm³/mol. The number of carbonyl (C=O) groups is 1. The minimum absolute atomic E-state index is 0.174. The fraction of sp³-hybridized carbons (Fsp3) is 0.400. The van der Waals surface area contributed by atoms with Crippen LogP contribution in [0.3, 0.4) is 0 Å². The monoisotopic (exact) mass is 351 g/mol. The summed E-state index contributed by atoms with van der Waals surface area (Å²) in [6.07, 6.45) is 1.68. The molecule has 0 saturated heterocycles. The van der Waals surface area contributed by atoms with E-state index in [2.05, 4.69) is 15.5 Å². The summed E-state index contributed by atoms with van der Waals surface area (Å²) in [7, 11) is 3.10. The van der Waals surface area contributed by atoms with Gasteiger partial charge < -0.3 is 20.6 Å². The molecule has 0 atom stereocenters. The van der Waals surface area contributed by atoms with Crippen LogP contribution in [-0.4, -0.2) is 40.8 Å². The van der Waals surface area contributed by atoms with E-state index in [0.717, 1.165) is 12.8 Å². The zero-order valence-corrected chi connectivity index (χ0v) is 14.7. The van der Waals surface area contributed by atoms with Gasteiger partial charge in [0.1, 0.15) is 0 Å². The molecule has 3 N–H and O–H groups in total. The smallest absolute Gasteiger partial charge is 0.234 e. The Balaban J connectivity index is 1.94. The standard InChI is InChI=1S/C15H21N5O3S/c1-4-5-13-18-19-15(20(13)16)24-9-14(21)17-10-6-7-11(22-2)12(8-10)23-3/h6-8H,4-5,9,16H2,1-3H3,(H,17,21). The maximum Gasteiger partial charge on any atom is 0.234 e. The van der Waals surface area contributed by atoms with Crippen LogP contribution in [-0.2, 0) is 11.2 Å². The van der Waals surface area contributed by atoms with Gasteiger partial charge in [0.05, 0.1) is 20.0 Å². The minimum Gasteiger partial charge on any atom is -0.493 e. The van der Waals surface area contributed by atoms with Crippen LogP contribution in [0.4, 0.5) is 5.69 Å². The highest BCUT2D eigenvalue weighted by molar-refractivity contribution is 7.99. The van der Waals surface area contributed by atoms with Gasteiger partial charge in [-0.2, -0.15) is 0 Å². The molecular formula is C15H21N5O3S. The summed E-state index contributed by atoms with van der Waals surface area (Å²) >= 11 is 1.24. The maximum atomic E-state index is 12.1. The number of hydrogen-bond donors (Lipinski definition) is 2. The molecule has 0 bridgehead atoms. The Morgan fingerprint density at radius 2 is 2.04 bits per heavy atom. The summed E-state index contributed by atoms with van der Waals surface area (Å²) in [5.74, 6) is 7.77. The summed E-state index contributed by atoms with van der Waals surface area (Å²) in [5, 5.41) is 11.3. The Labute approximate surface area is 144 Å². The number of carbonyl (C=O) groups excluding carboxylic acids is 1. The highest BCUT2D eigenvalue weighted by Crippen LogP contribution is 2.29. The van der Waals surface area contributed by atoms with E-state index < -0.39 is 0 Å². The van der Waals surface area contributed by atoms with E-state index in [1.807, 2.05) is 6.92 Å². The van der Waals surface area contributed by atoms with Crippen molar-refractivity contribution in [3.05, 3.63) is 24.0 Å². The van der Waals surface area contributed by atoms with E-state index in [0.29, 0.717) is 28.2 Å². The molecule has 24 heavy (non-hydrogen) atoms. The van der Waals surface area contributed by atoms with E-state index in [-0.39, 0.29) is 11.7 Å². The maximum absolute atomic E-state index is 12.1. The van der Waals surface area contributed by atoms with Crippen molar-refractivity contribution in [2.24, 2.45) is 0 Å². The van der Waals surface area contributed by atoms with Crippen LogP contribution in [0.5, 0.6) is 11.5 Å². The van der Waals surface area contributed by atoms with Crippen molar-refractivity contribution in [3.8, 4) is 11.5 Å². The molecule has 0 saturated carbocycles. The number of nitrogens with zero attached hydrogens (tertiary/aromatic N) is 3. The number of anilines is 1. The first-order chi connectivity index (χ1) is 11.6. The summed E-state index contributed by atoms with van der Waals surface area (Å²) < 4.78 is 11.8. The number of thioether (sulfide) groups is 1. The first-order valence-corrected chi connectivity index (χ1v) is 8.41. The normalized spacial score (nSPS) is 10.5. The van der Waals surface area contributed by atoms with E-state index in [4.69, 9.17) is 15.3 Å². The molecule has 9 heteroatoms. The number of aryl methyl sites for hydroxylation is 1. The molecule has 0 aliphatic carbocycles. The summed E-state index contributed by atoms with van der Waals surface area (Å²) in [6.45, 7) is 2.04. The van der Waals surface area contributed by atoms with Gasteiger partial charge in [-0.05, 0) is 18.6 Å². The first-order valence-electron chi connectivity index (χ1n) is 7.43. The molecule has 1 amide bonds. The molecule has 130 valence electrons. The lowest BCUT2D eigenvalue weighted by atomic mass is 10.2. The average Bonchev–Trinajstić information content (AvgIpc) is 2.93. The molecule has 0 radical (unpaired) electrons. The fourth-order valence-electron chi connectivity index (χ4n) is 2.04. The Morgan fingerprint density at radius 1 is 1.29 bits per heavy atom. The Kier molecular flexibility index (Phi) is 6.30. The molecule has 0 aliphatic rings. The highest BCUT2D eigenvalue weighted by atomic mass is 32.2. The third-order valence-corrected chi connectivity index (χ3v) is 4.15. The summed E-state index contributed by atoms with van der Waals surface area (Å²) in [5.41, 5.74) is 0.624. The Hall–Kier alpha value is -2.42. The first kappa shape index (κ1) is 17.9. The van der Waals surface area contributed by atoms with Crippen LogP contribution in [0.25, 0.3) is 0 Å². The van der Waals surface area contributed by atoms with Crippen LogP contribution in [0.1, 0.15) is 19.2 Å². The van der Waals surface area contributed by atoms with Gasteiger partial charge in [-0.1, -0.05) is 18.7 Å². The average molecular weight is 351 g/mol. The molecule has 0 aliphatic heterocycles. The second kappa shape index (κ2) is 8.44. The molecule has 8 nitrogen and oxygen atoms in total. The van der Waals surface area contributed by atoms with Crippen molar-refractivity contribution >= 4 is 23.4 Å². The Bertz CT molecular complexity index is 704. The number of amides is 1. The topological polar surface area (TPSA) is 104 Å². The fourth-order valence-corrected chi connectivity index (χ4v) is 2.72.